The van der Waals surface area contributed by atoms with Crippen LogP contribution in [0.25, 0.3) is 0 Å². The summed E-state index contributed by atoms with van der Waals surface area (Å²) in [6.07, 6.45) is -4.49. The topological polar surface area (TPSA) is 61.4 Å². The highest BCUT2D eigenvalue weighted by Gasteiger charge is 2.28. The summed E-state index contributed by atoms with van der Waals surface area (Å²) >= 11 is 0. The number of carbonyl (C=O) groups is 2. The van der Waals surface area contributed by atoms with Gasteiger partial charge < -0.3 is 15.5 Å². The van der Waals surface area contributed by atoms with Gasteiger partial charge in [-0.2, -0.15) is 13.2 Å². The highest BCUT2D eigenvalue weighted by molar-refractivity contribution is 5.94. The van der Waals surface area contributed by atoms with Crippen molar-refractivity contribution >= 4 is 17.6 Å². The number of benzene rings is 1. The third-order valence-electron chi connectivity index (χ3n) is 2.50. The Morgan fingerprint density at radius 1 is 1.19 bits per heavy atom. The molecule has 0 atom stereocenters. The van der Waals surface area contributed by atoms with Crippen molar-refractivity contribution < 1.29 is 22.8 Å². The van der Waals surface area contributed by atoms with Crippen LogP contribution in [-0.4, -0.2) is 43.2 Å². The first-order valence-corrected chi connectivity index (χ1v) is 6.09. The number of nitrogens with one attached hydrogen (secondary N) is 2. The van der Waals surface area contributed by atoms with E-state index in [0.29, 0.717) is 5.69 Å². The van der Waals surface area contributed by atoms with Gasteiger partial charge in [0.05, 0.1) is 0 Å². The second-order valence-electron chi connectivity index (χ2n) is 4.54. The normalized spacial score (nSPS) is 10.9. The van der Waals surface area contributed by atoms with Gasteiger partial charge in [-0.3, -0.25) is 4.79 Å². The number of nitrogens with zero attached hydrogens (tertiary/aromatic N) is 1. The SMILES string of the molecule is Cc1ccc(NC(=O)CN(C)C(=O)NCC(F)(F)F)cc1. The first kappa shape index (κ1) is 16.8. The average Bonchev–Trinajstić information content (AvgIpc) is 2.37. The van der Waals surface area contributed by atoms with Crippen LogP contribution in [-0.2, 0) is 4.79 Å². The van der Waals surface area contributed by atoms with Crippen molar-refractivity contribution in [3.63, 3.8) is 0 Å². The standard InChI is InChI=1S/C13H16F3N3O2/c1-9-3-5-10(6-4-9)18-11(20)7-19(2)12(21)17-8-13(14,15)16/h3-6H,7-8H2,1-2H3,(H,17,21)(H,18,20). The van der Waals surface area contributed by atoms with E-state index in [2.05, 4.69) is 5.32 Å². The lowest BCUT2D eigenvalue weighted by molar-refractivity contribution is -0.123. The molecule has 2 N–H and O–H groups in total. The summed E-state index contributed by atoms with van der Waals surface area (Å²) in [6.45, 7) is 0.109. The van der Waals surface area contributed by atoms with Crippen molar-refractivity contribution in [2.75, 3.05) is 25.5 Å². The highest BCUT2D eigenvalue weighted by Crippen LogP contribution is 2.12. The maximum atomic E-state index is 11.9. The minimum atomic E-state index is -4.49. The number of alkyl halides is 3. The van der Waals surface area contributed by atoms with Crippen molar-refractivity contribution in [1.29, 1.82) is 0 Å². The van der Waals surface area contributed by atoms with Gasteiger partial charge in [-0.15, -0.1) is 0 Å². The van der Waals surface area contributed by atoms with Gasteiger partial charge in [-0.1, -0.05) is 17.7 Å². The molecule has 0 heterocycles. The van der Waals surface area contributed by atoms with Crippen LogP contribution in [0.1, 0.15) is 5.56 Å². The quantitative estimate of drug-likeness (QED) is 0.895. The van der Waals surface area contributed by atoms with E-state index < -0.39 is 24.7 Å². The van der Waals surface area contributed by atoms with Gasteiger partial charge >= 0.3 is 12.2 Å². The Morgan fingerprint density at radius 3 is 2.29 bits per heavy atom. The molecule has 0 aliphatic carbocycles. The lowest BCUT2D eigenvalue weighted by atomic mass is 10.2. The summed E-state index contributed by atoms with van der Waals surface area (Å²) < 4.78 is 35.8. The van der Waals surface area contributed by atoms with Crippen LogP contribution in [0.2, 0.25) is 0 Å². The molecule has 0 unspecified atom stereocenters. The fourth-order valence-corrected chi connectivity index (χ4v) is 1.44. The van der Waals surface area contributed by atoms with Gasteiger partial charge in [0.25, 0.3) is 0 Å². The maximum absolute atomic E-state index is 11.9. The Kier molecular flexibility index (Phi) is 5.57. The largest absolute Gasteiger partial charge is 0.405 e. The number of halogens is 3. The minimum Gasteiger partial charge on any atom is -0.329 e. The Hall–Kier alpha value is -2.25. The summed E-state index contributed by atoms with van der Waals surface area (Å²) in [4.78, 5) is 23.9. The maximum Gasteiger partial charge on any atom is 0.405 e. The number of likely N-dealkylation sites (N-methyl/N-ethyl adjacent to an activating group) is 1. The van der Waals surface area contributed by atoms with Crippen molar-refractivity contribution in [1.82, 2.24) is 10.2 Å². The number of rotatable bonds is 4. The summed E-state index contributed by atoms with van der Waals surface area (Å²) in [7, 11) is 1.24. The van der Waals surface area contributed by atoms with E-state index in [1.54, 1.807) is 29.6 Å². The number of hydrogen-bond acceptors (Lipinski definition) is 2. The summed E-state index contributed by atoms with van der Waals surface area (Å²) in [6, 6.07) is 6.02. The van der Waals surface area contributed by atoms with E-state index in [9.17, 15) is 22.8 Å². The molecule has 1 rings (SSSR count). The monoisotopic (exact) mass is 303 g/mol. The summed E-state index contributed by atoms with van der Waals surface area (Å²) in [5.74, 6) is -0.497. The number of hydrogen-bond donors (Lipinski definition) is 2. The van der Waals surface area contributed by atoms with Crippen LogP contribution < -0.4 is 10.6 Å². The molecule has 21 heavy (non-hydrogen) atoms. The van der Waals surface area contributed by atoms with Crippen molar-refractivity contribution in [3.05, 3.63) is 29.8 Å². The summed E-state index contributed by atoms with van der Waals surface area (Å²) in [5, 5.41) is 4.23. The molecule has 0 saturated carbocycles. The highest BCUT2D eigenvalue weighted by atomic mass is 19.4. The van der Waals surface area contributed by atoms with Gasteiger partial charge in [0.1, 0.15) is 13.1 Å². The molecule has 0 aliphatic rings. The first-order valence-electron chi connectivity index (χ1n) is 6.09. The van der Waals surface area contributed by atoms with Crippen LogP contribution in [0.3, 0.4) is 0 Å². The average molecular weight is 303 g/mol. The Bertz CT molecular complexity index is 500. The molecule has 0 aromatic heterocycles. The summed E-state index contributed by atoms with van der Waals surface area (Å²) in [5.41, 5.74) is 1.58. The van der Waals surface area contributed by atoms with Crippen LogP contribution >= 0.6 is 0 Å². The third-order valence-corrected chi connectivity index (χ3v) is 2.50. The van der Waals surface area contributed by atoms with E-state index in [1.165, 1.54) is 7.05 Å². The van der Waals surface area contributed by atoms with E-state index in [0.717, 1.165) is 10.5 Å². The number of amides is 3. The van der Waals surface area contributed by atoms with Crippen molar-refractivity contribution in [2.24, 2.45) is 0 Å². The van der Waals surface area contributed by atoms with Gasteiger partial charge in [-0.05, 0) is 19.1 Å². The molecule has 1 aromatic rings. The zero-order chi connectivity index (χ0) is 16.0. The number of anilines is 1. The van der Waals surface area contributed by atoms with E-state index in [4.69, 9.17) is 0 Å². The van der Waals surface area contributed by atoms with Gasteiger partial charge in [0.15, 0.2) is 0 Å². The molecule has 0 saturated heterocycles. The molecule has 3 amide bonds. The zero-order valence-electron chi connectivity index (χ0n) is 11.6. The number of aryl methyl sites for hydroxylation is 1. The molecular weight excluding hydrogens is 287 g/mol. The van der Waals surface area contributed by atoms with Crippen LogP contribution in [0.15, 0.2) is 24.3 Å². The molecular formula is C13H16F3N3O2. The van der Waals surface area contributed by atoms with E-state index in [1.807, 2.05) is 6.92 Å². The molecule has 5 nitrogen and oxygen atoms in total. The number of urea groups is 1. The molecule has 0 bridgehead atoms. The Balaban J connectivity index is 2.43. The van der Waals surface area contributed by atoms with Crippen LogP contribution in [0.5, 0.6) is 0 Å². The zero-order valence-corrected chi connectivity index (χ0v) is 11.6. The third kappa shape index (κ3) is 6.64. The second kappa shape index (κ2) is 6.96. The van der Waals surface area contributed by atoms with Crippen molar-refractivity contribution in [2.45, 2.75) is 13.1 Å². The van der Waals surface area contributed by atoms with E-state index in [-0.39, 0.29) is 6.54 Å². The fourth-order valence-electron chi connectivity index (χ4n) is 1.44. The smallest absolute Gasteiger partial charge is 0.329 e. The number of carbonyl (C=O) groups excluding carboxylic acids is 2. The molecule has 0 radical (unpaired) electrons. The van der Waals surface area contributed by atoms with E-state index >= 15 is 0 Å². The minimum absolute atomic E-state index is 0.350. The molecule has 0 fully saturated rings. The van der Waals surface area contributed by atoms with Crippen LogP contribution in [0.4, 0.5) is 23.7 Å². The molecule has 1 aromatic carbocycles. The molecule has 8 heteroatoms. The predicted molar refractivity (Wildman–Crippen MR) is 71.9 cm³/mol. The molecule has 0 spiro atoms. The first-order chi connectivity index (χ1) is 9.67. The van der Waals surface area contributed by atoms with Gasteiger partial charge in [0, 0.05) is 12.7 Å². The molecule has 0 aliphatic heterocycles. The van der Waals surface area contributed by atoms with Gasteiger partial charge in [0.2, 0.25) is 5.91 Å². The van der Waals surface area contributed by atoms with Crippen molar-refractivity contribution in [3.8, 4) is 0 Å². The second-order valence-corrected chi connectivity index (χ2v) is 4.54. The molecule has 116 valence electrons. The Morgan fingerprint density at radius 2 is 1.76 bits per heavy atom. The Labute approximate surface area is 120 Å². The lowest BCUT2D eigenvalue weighted by Crippen LogP contribution is -2.44. The predicted octanol–water partition coefficient (Wildman–Crippen LogP) is 2.14. The van der Waals surface area contributed by atoms with Crippen LogP contribution in [0, 0.1) is 6.92 Å². The lowest BCUT2D eigenvalue weighted by Gasteiger charge is -2.18. The van der Waals surface area contributed by atoms with Gasteiger partial charge in [-0.25, -0.2) is 4.79 Å². The fraction of sp³-hybridized carbons (Fsp3) is 0.385.